The van der Waals surface area contributed by atoms with E-state index in [-0.39, 0.29) is 0 Å². The fourth-order valence-electron chi connectivity index (χ4n) is 0.253. The van der Waals surface area contributed by atoms with Gasteiger partial charge in [-0.3, -0.25) is 4.79 Å². The Morgan fingerprint density at radius 3 is 1.50 bits per heavy atom. The summed E-state index contributed by atoms with van der Waals surface area (Å²) < 4.78 is 8.70. The van der Waals surface area contributed by atoms with E-state index in [1.807, 2.05) is 12.1 Å². The predicted molar refractivity (Wildman–Crippen MR) is 47.4 cm³/mol. The summed E-state index contributed by atoms with van der Waals surface area (Å²) in [6, 6.07) is 3.65. The van der Waals surface area contributed by atoms with Crippen molar-refractivity contribution in [2.45, 2.75) is 6.92 Å². The Kier molecular flexibility index (Phi) is 12.4. The lowest BCUT2D eigenvalue weighted by Crippen LogP contribution is -1.78. The SMILES string of the molecule is CC(=O)O.O=[P+](O)O.c1ccnnc1. The molecule has 1 heterocycles. The minimum Gasteiger partial charge on any atom is -0.481 e. The van der Waals surface area contributed by atoms with Crippen molar-refractivity contribution in [1.29, 1.82) is 0 Å². The van der Waals surface area contributed by atoms with Crippen molar-refractivity contribution in [1.82, 2.24) is 10.2 Å². The minimum absolute atomic E-state index is 0.833. The zero-order valence-electron chi connectivity index (χ0n) is 7.31. The van der Waals surface area contributed by atoms with E-state index in [9.17, 15) is 0 Å². The van der Waals surface area contributed by atoms with Crippen molar-refractivity contribution < 1.29 is 24.3 Å². The van der Waals surface area contributed by atoms with Crippen molar-refractivity contribution >= 4 is 14.2 Å². The number of aliphatic carboxylic acids is 1. The summed E-state index contributed by atoms with van der Waals surface area (Å²) in [4.78, 5) is 23.2. The van der Waals surface area contributed by atoms with Crippen LogP contribution in [0.25, 0.3) is 0 Å². The number of aromatic nitrogens is 2. The maximum atomic E-state index is 9.00. The van der Waals surface area contributed by atoms with Crippen LogP contribution in [0.2, 0.25) is 0 Å². The molecule has 0 unspecified atom stereocenters. The Balaban J connectivity index is 0. The maximum Gasteiger partial charge on any atom is 0.692 e. The molecule has 78 valence electrons. The molecule has 0 saturated heterocycles. The third-order valence-corrected chi connectivity index (χ3v) is 0.483. The summed E-state index contributed by atoms with van der Waals surface area (Å²) in [6.07, 6.45) is 3.28. The lowest BCUT2D eigenvalue weighted by Gasteiger charge is -1.69. The highest BCUT2D eigenvalue weighted by molar-refractivity contribution is 7.30. The summed E-state index contributed by atoms with van der Waals surface area (Å²) in [7, 11) is -2.87. The molecule has 0 aliphatic carbocycles. The van der Waals surface area contributed by atoms with Crippen LogP contribution < -0.4 is 0 Å². The number of hydrogen-bond acceptors (Lipinski definition) is 4. The van der Waals surface area contributed by atoms with E-state index in [1.165, 1.54) is 0 Å². The highest BCUT2D eigenvalue weighted by Gasteiger charge is 1.93. The molecule has 0 radical (unpaired) electrons. The molecule has 3 N–H and O–H groups in total. The molecule has 0 aliphatic heterocycles. The van der Waals surface area contributed by atoms with Gasteiger partial charge in [-0.05, 0) is 12.1 Å². The largest absolute Gasteiger partial charge is 0.692 e. The van der Waals surface area contributed by atoms with E-state index in [0.29, 0.717) is 0 Å². The van der Waals surface area contributed by atoms with E-state index in [1.54, 1.807) is 12.4 Å². The number of nitrogens with zero attached hydrogens (tertiary/aromatic N) is 2. The van der Waals surface area contributed by atoms with Gasteiger partial charge in [-0.25, -0.2) is 0 Å². The maximum absolute atomic E-state index is 9.00. The molecule has 0 amide bonds. The van der Waals surface area contributed by atoms with E-state index >= 15 is 0 Å². The van der Waals surface area contributed by atoms with Gasteiger partial charge in [0, 0.05) is 23.9 Å². The zero-order valence-corrected chi connectivity index (χ0v) is 8.20. The van der Waals surface area contributed by atoms with E-state index in [2.05, 4.69) is 10.2 Å². The van der Waals surface area contributed by atoms with Crippen LogP contribution in [0.1, 0.15) is 6.92 Å². The molecule has 0 aromatic carbocycles. The standard InChI is InChI=1S/C4H4N2.C2H4O2.HO3P/c1-2-4-6-5-3-1;1-2(3)4;1-4(2)3/h1-4H;1H3,(H,3,4);(H-,1,2,3)/p+1. The van der Waals surface area contributed by atoms with E-state index < -0.39 is 14.2 Å². The van der Waals surface area contributed by atoms with Gasteiger partial charge in [0.2, 0.25) is 0 Å². The molecule has 1 aromatic heterocycles. The highest BCUT2D eigenvalue weighted by atomic mass is 31.1. The monoisotopic (exact) mass is 221 g/mol. The number of carboxylic acid groups (broad SMARTS) is 1. The van der Waals surface area contributed by atoms with Crippen LogP contribution in [-0.4, -0.2) is 31.1 Å². The Morgan fingerprint density at radius 2 is 1.43 bits per heavy atom. The van der Waals surface area contributed by atoms with E-state index in [0.717, 1.165) is 6.92 Å². The van der Waals surface area contributed by atoms with Gasteiger partial charge in [-0.2, -0.15) is 10.2 Å². The average Bonchev–Trinajstić information content (AvgIpc) is 2.05. The van der Waals surface area contributed by atoms with Crippen molar-refractivity contribution in [2.75, 3.05) is 0 Å². The molecule has 0 bridgehead atoms. The van der Waals surface area contributed by atoms with Crippen LogP contribution in [0.3, 0.4) is 0 Å². The molecule has 1 rings (SSSR count). The Labute approximate surface area is 81.0 Å². The highest BCUT2D eigenvalue weighted by Crippen LogP contribution is 1.98. The summed E-state index contributed by atoms with van der Waals surface area (Å²) in [6.45, 7) is 1.08. The second-order valence-corrected chi connectivity index (χ2v) is 2.19. The second kappa shape index (κ2) is 11.6. The minimum atomic E-state index is -2.87. The molecule has 0 fully saturated rings. The molecule has 14 heavy (non-hydrogen) atoms. The molecule has 0 atom stereocenters. The van der Waals surface area contributed by atoms with Gasteiger partial charge in [-0.15, -0.1) is 9.79 Å². The first-order valence-corrected chi connectivity index (χ1v) is 4.39. The fraction of sp³-hybridized carbons (Fsp3) is 0.167. The Morgan fingerprint density at radius 1 is 1.21 bits per heavy atom. The summed E-state index contributed by atoms with van der Waals surface area (Å²) in [5.41, 5.74) is 0. The van der Waals surface area contributed by atoms with Gasteiger partial charge in [0.25, 0.3) is 5.97 Å². The Bertz CT molecular complexity index is 209. The summed E-state index contributed by atoms with van der Waals surface area (Å²) in [5, 5.41) is 14.5. The van der Waals surface area contributed by atoms with Gasteiger partial charge < -0.3 is 5.11 Å². The number of carboxylic acids is 1. The van der Waals surface area contributed by atoms with Gasteiger partial charge in [0.15, 0.2) is 0 Å². The van der Waals surface area contributed by atoms with Gasteiger partial charge in [-0.1, -0.05) is 0 Å². The number of carbonyl (C=O) groups is 1. The molecule has 0 spiro atoms. The molecule has 8 heteroatoms. The smallest absolute Gasteiger partial charge is 0.481 e. The van der Waals surface area contributed by atoms with Crippen LogP contribution in [-0.2, 0) is 9.36 Å². The first-order valence-electron chi connectivity index (χ1n) is 3.23. The molecule has 7 nitrogen and oxygen atoms in total. The van der Waals surface area contributed by atoms with Crippen molar-refractivity contribution in [3.05, 3.63) is 24.5 Å². The fourth-order valence-corrected chi connectivity index (χ4v) is 0.253. The molecular weight excluding hydrogens is 211 g/mol. The lowest BCUT2D eigenvalue weighted by atomic mass is 10.6. The van der Waals surface area contributed by atoms with Crippen molar-refractivity contribution in [3.63, 3.8) is 0 Å². The van der Waals surface area contributed by atoms with Crippen molar-refractivity contribution in [3.8, 4) is 0 Å². The Hall–Kier alpha value is -1.43. The summed E-state index contributed by atoms with van der Waals surface area (Å²) >= 11 is 0. The molecular formula is C6H10N2O5P+. The van der Waals surface area contributed by atoms with Gasteiger partial charge >= 0.3 is 8.25 Å². The zero-order chi connectivity index (χ0) is 11.4. The van der Waals surface area contributed by atoms with Crippen LogP contribution in [0.15, 0.2) is 24.5 Å². The molecule has 0 aliphatic rings. The first kappa shape index (κ1) is 15.1. The van der Waals surface area contributed by atoms with Crippen LogP contribution >= 0.6 is 8.25 Å². The van der Waals surface area contributed by atoms with E-state index in [4.69, 9.17) is 24.3 Å². The quantitative estimate of drug-likeness (QED) is 0.535. The molecule has 1 aromatic rings. The average molecular weight is 221 g/mol. The van der Waals surface area contributed by atoms with Crippen LogP contribution in [0, 0.1) is 0 Å². The van der Waals surface area contributed by atoms with Gasteiger partial charge in [0.05, 0.1) is 0 Å². The first-order chi connectivity index (χ1) is 6.46. The predicted octanol–water partition coefficient (Wildman–Crippen LogP) is 0.196. The lowest BCUT2D eigenvalue weighted by molar-refractivity contribution is -0.134. The second-order valence-electron chi connectivity index (χ2n) is 1.69. The topological polar surface area (TPSA) is 121 Å². The normalized spacial score (nSPS) is 7.07. The number of hydrogen-bond donors (Lipinski definition) is 3. The van der Waals surface area contributed by atoms with Crippen molar-refractivity contribution in [2.24, 2.45) is 0 Å². The third-order valence-electron chi connectivity index (χ3n) is 0.483. The van der Waals surface area contributed by atoms with Crippen LogP contribution in [0.4, 0.5) is 0 Å². The van der Waals surface area contributed by atoms with Crippen LogP contribution in [0.5, 0.6) is 0 Å². The third kappa shape index (κ3) is 46.4. The number of rotatable bonds is 0. The molecule has 0 saturated carbocycles. The van der Waals surface area contributed by atoms with Gasteiger partial charge in [0.1, 0.15) is 0 Å². The summed E-state index contributed by atoms with van der Waals surface area (Å²) in [5.74, 6) is -0.833.